The SMILES string of the molecule is CCn1ncc(Br)c1C(=O)Nc1ccc([N+](=O)[O-])cc1Cl. The predicted molar refractivity (Wildman–Crippen MR) is 81.7 cm³/mol. The number of nitro benzene ring substituents is 1. The summed E-state index contributed by atoms with van der Waals surface area (Å²) in [6.07, 6.45) is 1.52. The third kappa shape index (κ3) is 3.22. The van der Waals surface area contributed by atoms with Gasteiger partial charge in [-0.05, 0) is 28.9 Å². The van der Waals surface area contributed by atoms with E-state index in [-0.39, 0.29) is 10.7 Å². The van der Waals surface area contributed by atoms with Gasteiger partial charge in [-0.2, -0.15) is 5.10 Å². The molecule has 21 heavy (non-hydrogen) atoms. The Hall–Kier alpha value is -1.93. The van der Waals surface area contributed by atoms with Gasteiger partial charge in [-0.25, -0.2) is 0 Å². The van der Waals surface area contributed by atoms with E-state index in [1.807, 2.05) is 6.92 Å². The molecule has 0 bridgehead atoms. The summed E-state index contributed by atoms with van der Waals surface area (Å²) in [6, 6.07) is 3.84. The summed E-state index contributed by atoms with van der Waals surface area (Å²) < 4.78 is 2.08. The number of non-ortho nitro benzene ring substituents is 1. The Kier molecular flexibility index (Phi) is 4.59. The zero-order valence-corrected chi connectivity index (χ0v) is 13.2. The number of nitrogens with zero attached hydrogens (tertiary/aromatic N) is 3. The number of anilines is 1. The Morgan fingerprint density at radius 3 is 2.86 bits per heavy atom. The third-order valence-corrected chi connectivity index (χ3v) is 3.61. The highest BCUT2D eigenvalue weighted by Gasteiger charge is 2.18. The minimum absolute atomic E-state index is 0.0937. The molecule has 0 aliphatic heterocycles. The number of aromatic nitrogens is 2. The molecule has 0 unspecified atom stereocenters. The number of rotatable bonds is 4. The summed E-state index contributed by atoms with van der Waals surface area (Å²) in [6.45, 7) is 2.39. The maximum atomic E-state index is 12.3. The molecule has 110 valence electrons. The Balaban J connectivity index is 2.28. The first kappa shape index (κ1) is 15.5. The van der Waals surface area contributed by atoms with Crippen LogP contribution in [-0.2, 0) is 6.54 Å². The lowest BCUT2D eigenvalue weighted by Crippen LogP contribution is -2.18. The average Bonchev–Trinajstić information content (AvgIpc) is 2.81. The first-order chi connectivity index (χ1) is 9.93. The predicted octanol–water partition coefficient (Wildman–Crippen LogP) is 3.48. The van der Waals surface area contributed by atoms with E-state index in [0.717, 1.165) is 0 Å². The summed E-state index contributed by atoms with van der Waals surface area (Å²) in [7, 11) is 0. The lowest BCUT2D eigenvalue weighted by molar-refractivity contribution is -0.384. The molecular weight excluding hydrogens is 364 g/mol. The fourth-order valence-corrected chi connectivity index (χ4v) is 2.43. The van der Waals surface area contributed by atoms with Gasteiger partial charge in [0.25, 0.3) is 11.6 Å². The molecule has 9 heteroatoms. The maximum Gasteiger partial charge on any atom is 0.275 e. The Labute approximate surface area is 133 Å². The van der Waals surface area contributed by atoms with Crippen LogP contribution in [0.25, 0.3) is 0 Å². The van der Waals surface area contributed by atoms with Crippen molar-refractivity contribution in [1.29, 1.82) is 0 Å². The van der Waals surface area contributed by atoms with Crippen LogP contribution >= 0.6 is 27.5 Å². The molecule has 0 radical (unpaired) electrons. The maximum absolute atomic E-state index is 12.3. The highest BCUT2D eigenvalue weighted by molar-refractivity contribution is 9.10. The topological polar surface area (TPSA) is 90.1 Å². The molecule has 0 fully saturated rings. The molecular formula is C12H10BrClN4O3. The lowest BCUT2D eigenvalue weighted by atomic mass is 10.2. The summed E-state index contributed by atoms with van der Waals surface area (Å²) in [4.78, 5) is 22.3. The molecule has 1 aromatic heterocycles. The van der Waals surface area contributed by atoms with E-state index in [9.17, 15) is 14.9 Å². The van der Waals surface area contributed by atoms with Crippen LogP contribution in [0, 0.1) is 10.1 Å². The second-order valence-electron chi connectivity index (χ2n) is 4.03. The first-order valence-electron chi connectivity index (χ1n) is 5.90. The minimum Gasteiger partial charge on any atom is -0.319 e. The van der Waals surface area contributed by atoms with Crippen LogP contribution in [0.2, 0.25) is 5.02 Å². The van der Waals surface area contributed by atoms with E-state index in [0.29, 0.717) is 22.4 Å². The van der Waals surface area contributed by atoms with Crippen molar-refractivity contribution >= 4 is 44.8 Å². The van der Waals surface area contributed by atoms with E-state index in [2.05, 4.69) is 26.3 Å². The second kappa shape index (κ2) is 6.23. The molecule has 0 aliphatic carbocycles. The Morgan fingerprint density at radius 2 is 2.29 bits per heavy atom. The fourth-order valence-electron chi connectivity index (χ4n) is 1.73. The summed E-state index contributed by atoms with van der Waals surface area (Å²) in [5.74, 6) is -0.406. The minimum atomic E-state index is -0.555. The quantitative estimate of drug-likeness (QED) is 0.656. The van der Waals surface area contributed by atoms with E-state index in [4.69, 9.17) is 11.6 Å². The van der Waals surface area contributed by atoms with Crippen LogP contribution < -0.4 is 5.32 Å². The first-order valence-corrected chi connectivity index (χ1v) is 7.07. The molecule has 0 saturated carbocycles. The van der Waals surface area contributed by atoms with Crippen LogP contribution in [0.5, 0.6) is 0 Å². The van der Waals surface area contributed by atoms with Crippen molar-refractivity contribution in [2.24, 2.45) is 0 Å². The van der Waals surface area contributed by atoms with Crippen molar-refractivity contribution < 1.29 is 9.72 Å². The normalized spacial score (nSPS) is 10.4. The van der Waals surface area contributed by atoms with Crippen molar-refractivity contribution in [3.05, 3.63) is 49.7 Å². The Morgan fingerprint density at radius 1 is 1.57 bits per heavy atom. The van der Waals surface area contributed by atoms with Gasteiger partial charge in [0, 0.05) is 18.7 Å². The molecule has 2 aromatic rings. The van der Waals surface area contributed by atoms with Crippen molar-refractivity contribution in [3.8, 4) is 0 Å². The second-order valence-corrected chi connectivity index (χ2v) is 5.29. The lowest BCUT2D eigenvalue weighted by Gasteiger charge is -2.08. The molecule has 1 N–H and O–H groups in total. The van der Waals surface area contributed by atoms with Gasteiger partial charge in [-0.3, -0.25) is 19.6 Å². The largest absolute Gasteiger partial charge is 0.319 e. The third-order valence-electron chi connectivity index (χ3n) is 2.72. The van der Waals surface area contributed by atoms with Gasteiger partial charge in [0.1, 0.15) is 5.69 Å². The van der Waals surface area contributed by atoms with Crippen LogP contribution in [0.15, 0.2) is 28.9 Å². The number of aryl methyl sites for hydroxylation is 1. The van der Waals surface area contributed by atoms with Gasteiger partial charge in [-0.1, -0.05) is 11.6 Å². The van der Waals surface area contributed by atoms with Gasteiger partial charge >= 0.3 is 0 Å². The highest BCUT2D eigenvalue weighted by Crippen LogP contribution is 2.27. The molecule has 7 nitrogen and oxygen atoms in total. The number of carbonyl (C=O) groups excluding carboxylic acids is 1. The fraction of sp³-hybridized carbons (Fsp3) is 0.167. The van der Waals surface area contributed by atoms with Gasteiger partial charge in [0.2, 0.25) is 0 Å². The van der Waals surface area contributed by atoms with E-state index < -0.39 is 10.8 Å². The number of nitrogens with one attached hydrogen (secondary N) is 1. The van der Waals surface area contributed by atoms with Crippen molar-refractivity contribution in [1.82, 2.24) is 9.78 Å². The number of amides is 1. The molecule has 1 heterocycles. The zero-order valence-electron chi connectivity index (χ0n) is 10.8. The molecule has 0 spiro atoms. The number of hydrogen-bond acceptors (Lipinski definition) is 4. The van der Waals surface area contributed by atoms with Crippen LogP contribution in [-0.4, -0.2) is 20.6 Å². The molecule has 1 aromatic carbocycles. The summed E-state index contributed by atoms with van der Waals surface area (Å²) in [5.41, 5.74) is 0.507. The number of carbonyl (C=O) groups is 1. The van der Waals surface area contributed by atoms with Crippen LogP contribution in [0.1, 0.15) is 17.4 Å². The van der Waals surface area contributed by atoms with E-state index >= 15 is 0 Å². The molecule has 0 aliphatic rings. The Bertz CT molecular complexity index is 717. The van der Waals surface area contributed by atoms with Crippen molar-refractivity contribution in [2.75, 3.05) is 5.32 Å². The van der Waals surface area contributed by atoms with Gasteiger partial charge in [-0.15, -0.1) is 0 Å². The monoisotopic (exact) mass is 372 g/mol. The zero-order chi connectivity index (χ0) is 15.6. The number of hydrogen-bond donors (Lipinski definition) is 1. The molecule has 1 amide bonds. The molecule has 0 saturated heterocycles. The number of benzene rings is 1. The van der Waals surface area contributed by atoms with E-state index in [1.54, 1.807) is 0 Å². The van der Waals surface area contributed by atoms with Gasteiger partial charge in [0.15, 0.2) is 0 Å². The van der Waals surface area contributed by atoms with Crippen LogP contribution in [0.3, 0.4) is 0 Å². The van der Waals surface area contributed by atoms with Gasteiger partial charge in [0.05, 0.1) is 26.3 Å². The highest BCUT2D eigenvalue weighted by atomic mass is 79.9. The van der Waals surface area contributed by atoms with Crippen molar-refractivity contribution in [2.45, 2.75) is 13.5 Å². The number of nitro groups is 1. The van der Waals surface area contributed by atoms with Gasteiger partial charge < -0.3 is 5.32 Å². The number of halogens is 2. The van der Waals surface area contributed by atoms with Crippen molar-refractivity contribution in [3.63, 3.8) is 0 Å². The standard InChI is InChI=1S/C12H10BrClN4O3/c1-2-17-11(8(13)6-15-17)12(19)16-10-4-3-7(18(20)21)5-9(10)14/h3-6H,2H2,1H3,(H,16,19). The van der Waals surface area contributed by atoms with Crippen LogP contribution in [0.4, 0.5) is 11.4 Å². The summed E-state index contributed by atoms with van der Waals surface area (Å²) >= 11 is 9.19. The molecule has 2 rings (SSSR count). The molecule has 0 atom stereocenters. The summed E-state index contributed by atoms with van der Waals surface area (Å²) in [5, 5.41) is 17.4. The smallest absolute Gasteiger partial charge is 0.275 e. The average molecular weight is 374 g/mol. The van der Waals surface area contributed by atoms with E-state index in [1.165, 1.54) is 29.1 Å².